The van der Waals surface area contributed by atoms with Crippen LogP contribution in [0.1, 0.15) is 21.6 Å². The molecule has 4 rings (SSSR count). The van der Waals surface area contributed by atoms with E-state index in [2.05, 4.69) is 21.4 Å². The Morgan fingerprint density at radius 2 is 2.00 bits per heavy atom. The highest BCUT2D eigenvalue weighted by molar-refractivity contribution is 7.99. The fourth-order valence-electron chi connectivity index (χ4n) is 3.39. The Balaban J connectivity index is 1.45. The quantitative estimate of drug-likeness (QED) is 0.543. The molecule has 0 unspecified atom stereocenters. The number of hydrogen-bond acceptors (Lipinski definition) is 6. The molecule has 0 atom stereocenters. The first-order chi connectivity index (χ1) is 15.5. The normalized spacial score (nSPS) is 14.2. The number of morpholine rings is 1. The number of carbonyl (C=O) groups excluding carboxylic acids is 1. The number of halogens is 1. The first-order valence-electron chi connectivity index (χ1n) is 10.1. The van der Waals surface area contributed by atoms with Crippen LogP contribution in [0.5, 0.6) is 0 Å². The van der Waals surface area contributed by atoms with Crippen LogP contribution in [0.3, 0.4) is 0 Å². The highest BCUT2D eigenvalue weighted by Crippen LogP contribution is 2.27. The first kappa shape index (κ1) is 22.4. The molecule has 7 nitrogen and oxygen atoms in total. The molecule has 0 radical (unpaired) electrons. The molecule has 1 fully saturated rings. The molecule has 1 saturated heterocycles. The van der Waals surface area contributed by atoms with Gasteiger partial charge >= 0.3 is 0 Å². The van der Waals surface area contributed by atoms with Crippen molar-refractivity contribution in [3.05, 3.63) is 70.5 Å². The summed E-state index contributed by atoms with van der Waals surface area (Å²) in [5.41, 5.74) is 3.10. The van der Waals surface area contributed by atoms with Crippen LogP contribution in [0.25, 0.3) is 5.69 Å². The van der Waals surface area contributed by atoms with Gasteiger partial charge in [-0.15, -0.1) is 11.8 Å². The van der Waals surface area contributed by atoms with E-state index < -0.39 is 0 Å². The number of nitrogens with zero attached hydrogens (tertiary/aromatic N) is 4. The number of aromatic nitrogens is 2. The van der Waals surface area contributed by atoms with E-state index in [0.29, 0.717) is 27.5 Å². The molecule has 1 N–H and O–H groups in total. The molecule has 1 aliphatic rings. The minimum Gasteiger partial charge on any atom is -0.379 e. The molecule has 2 aromatic carbocycles. The average Bonchev–Trinajstić information content (AvgIpc) is 3.20. The largest absolute Gasteiger partial charge is 0.379 e. The smallest absolute Gasteiger partial charge is 0.259 e. The van der Waals surface area contributed by atoms with Gasteiger partial charge in [0.2, 0.25) is 0 Å². The minimum absolute atomic E-state index is 0.277. The van der Waals surface area contributed by atoms with Crippen LogP contribution in [0.4, 0.5) is 5.69 Å². The van der Waals surface area contributed by atoms with Gasteiger partial charge in [-0.3, -0.25) is 9.69 Å². The second-order valence-electron chi connectivity index (χ2n) is 7.31. The summed E-state index contributed by atoms with van der Waals surface area (Å²) >= 11 is 7.57. The molecule has 0 saturated carbocycles. The van der Waals surface area contributed by atoms with Crippen LogP contribution >= 0.6 is 23.4 Å². The zero-order valence-electron chi connectivity index (χ0n) is 17.5. The number of amides is 1. The van der Waals surface area contributed by atoms with E-state index in [4.69, 9.17) is 16.3 Å². The van der Waals surface area contributed by atoms with Gasteiger partial charge in [0.1, 0.15) is 6.07 Å². The van der Waals surface area contributed by atoms with Crippen LogP contribution in [0.2, 0.25) is 5.02 Å². The van der Waals surface area contributed by atoms with Gasteiger partial charge in [0.25, 0.3) is 5.91 Å². The molecular weight excluding hydrogens is 446 g/mol. The van der Waals surface area contributed by atoms with Crippen LogP contribution in [0.15, 0.2) is 53.6 Å². The minimum atomic E-state index is -0.277. The Kier molecular flexibility index (Phi) is 7.12. The predicted molar refractivity (Wildman–Crippen MR) is 126 cm³/mol. The van der Waals surface area contributed by atoms with Gasteiger partial charge in [-0.25, -0.2) is 4.68 Å². The van der Waals surface area contributed by atoms with Gasteiger partial charge in [0.15, 0.2) is 0 Å². The number of hydrogen-bond donors (Lipinski definition) is 1. The number of nitrogens with one attached hydrogen (secondary N) is 1. The summed E-state index contributed by atoms with van der Waals surface area (Å²) in [4.78, 5) is 16.0. The summed E-state index contributed by atoms with van der Waals surface area (Å²) in [6.45, 7) is 5.11. The van der Waals surface area contributed by atoms with Crippen molar-refractivity contribution in [3.63, 3.8) is 0 Å². The van der Waals surface area contributed by atoms with Gasteiger partial charge in [-0.05, 0) is 49.4 Å². The second kappa shape index (κ2) is 10.2. The lowest BCUT2D eigenvalue weighted by atomic mass is 10.2. The average molecular weight is 468 g/mol. The fourth-order valence-corrected chi connectivity index (χ4v) is 4.52. The molecular formula is C23H22ClN5O2S. The molecule has 0 bridgehead atoms. The van der Waals surface area contributed by atoms with Gasteiger partial charge < -0.3 is 10.1 Å². The highest BCUT2D eigenvalue weighted by Gasteiger charge is 2.17. The van der Waals surface area contributed by atoms with Crippen molar-refractivity contribution in [1.82, 2.24) is 14.7 Å². The van der Waals surface area contributed by atoms with Crippen LogP contribution in [-0.2, 0) is 4.74 Å². The van der Waals surface area contributed by atoms with E-state index in [1.54, 1.807) is 34.6 Å². The first-order valence-corrected chi connectivity index (χ1v) is 11.5. The zero-order valence-corrected chi connectivity index (χ0v) is 19.1. The Labute approximate surface area is 195 Å². The SMILES string of the molecule is Cc1c(C(=O)Nc2ccc(SCN3CCOCC3)c(C#N)c2)cnn1-c1ccc(Cl)cc1. The summed E-state index contributed by atoms with van der Waals surface area (Å²) in [6, 6.07) is 14.9. The summed E-state index contributed by atoms with van der Waals surface area (Å²) in [5, 5.41) is 17.4. The van der Waals surface area contributed by atoms with Crippen LogP contribution in [-0.4, -0.2) is 52.8 Å². The summed E-state index contributed by atoms with van der Waals surface area (Å²) in [7, 11) is 0. The predicted octanol–water partition coefficient (Wildman–Crippen LogP) is 4.34. The van der Waals surface area contributed by atoms with Crippen molar-refractivity contribution in [2.45, 2.75) is 11.8 Å². The maximum absolute atomic E-state index is 12.9. The van der Waals surface area contributed by atoms with Crippen molar-refractivity contribution in [2.75, 3.05) is 37.5 Å². The monoisotopic (exact) mass is 467 g/mol. The fraction of sp³-hybridized carbons (Fsp3) is 0.261. The maximum atomic E-state index is 12.9. The van der Waals surface area contributed by atoms with Crippen molar-refractivity contribution in [2.24, 2.45) is 0 Å². The van der Waals surface area contributed by atoms with E-state index in [-0.39, 0.29) is 5.91 Å². The zero-order chi connectivity index (χ0) is 22.5. The Bertz CT molecular complexity index is 1150. The van der Waals surface area contributed by atoms with E-state index in [0.717, 1.165) is 42.8 Å². The third kappa shape index (κ3) is 5.14. The van der Waals surface area contributed by atoms with Crippen LogP contribution < -0.4 is 5.32 Å². The van der Waals surface area contributed by atoms with Gasteiger partial charge in [-0.1, -0.05) is 11.6 Å². The summed E-state index contributed by atoms with van der Waals surface area (Å²) in [5.74, 6) is 0.521. The summed E-state index contributed by atoms with van der Waals surface area (Å²) in [6.07, 6.45) is 1.54. The molecule has 1 aliphatic heterocycles. The molecule has 32 heavy (non-hydrogen) atoms. The van der Waals surface area contributed by atoms with Crippen LogP contribution in [0, 0.1) is 18.3 Å². The van der Waals surface area contributed by atoms with Crippen molar-refractivity contribution in [1.29, 1.82) is 5.26 Å². The van der Waals surface area contributed by atoms with E-state index in [9.17, 15) is 10.1 Å². The summed E-state index contributed by atoms with van der Waals surface area (Å²) < 4.78 is 7.06. The third-order valence-corrected chi connectivity index (χ3v) is 6.60. The van der Waals surface area contributed by atoms with Crippen molar-refractivity contribution >= 4 is 35.0 Å². The number of ether oxygens (including phenoxy) is 1. The van der Waals surface area contributed by atoms with Gasteiger partial charge in [-0.2, -0.15) is 10.4 Å². The number of nitriles is 1. The van der Waals surface area contributed by atoms with E-state index >= 15 is 0 Å². The third-order valence-electron chi connectivity index (χ3n) is 5.19. The molecule has 0 spiro atoms. The Morgan fingerprint density at radius 1 is 1.25 bits per heavy atom. The van der Waals surface area contributed by atoms with E-state index in [1.165, 1.54) is 6.20 Å². The lowest BCUT2D eigenvalue weighted by Gasteiger charge is -2.26. The molecule has 2 heterocycles. The molecule has 0 aliphatic carbocycles. The second-order valence-corrected chi connectivity index (χ2v) is 8.74. The number of benzene rings is 2. The van der Waals surface area contributed by atoms with E-state index in [1.807, 2.05) is 31.2 Å². The maximum Gasteiger partial charge on any atom is 0.259 e. The Morgan fingerprint density at radius 3 is 2.72 bits per heavy atom. The van der Waals surface area contributed by atoms with Crippen molar-refractivity contribution < 1.29 is 9.53 Å². The van der Waals surface area contributed by atoms with Gasteiger partial charge in [0, 0.05) is 34.6 Å². The number of carbonyl (C=O) groups is 1. The lowest BCUT2D eigenvalue weighted by molar-refractivity contribution is 0.0474. The highest BCUT2D eigenvalue weighted by atomic mass is 35.5. The Hall–Kier alpha value is -2.83. The molecule has 1 aromatic heterocycles. The lowest BCUT2D eigenvalue weighted by Crippen LogP contribution is -2.35. The standard InChI is InChI=1S/C23H22ClN5O2S/c1-16-21(14-26-29(16)20-5-2-18(24)3-6-20)23(30)27-19-4-7-22(17(12-19)13-25)32-15-28-8-10-31-11-9-28/h2-7,12,14H,8-11,15H2,1H3,(H,27,30). The van der Waals surface area contributed by atoms with Gasteiger partial charge in [0.05, 0.1) is 41.9 Å². The number of thioether (sulfide) groups is 1. The topological polar surface area (TPSA) is 83.2 Å². The molecule has 164 valence electrons. The van der Waals surface area contributed by atoms with Crippen molar-refractivity contribution in [3.8, 4) is 11.8 Å². The number of rotatable bonds is 6. The molecule has 3 aromatic rings. The number of anilines is 1. The molecule has 1 amide bonds. The molecule has 9 heteroatoms.